The predicted octanol–water partition coefficient (Wildman–Crippen LogP) is 7.66. The summed E-state index contributed by atoms with van der Waals surface area (Å²) in [6.45, 7) is 0. The second-order valence-corrected chi connectivity index (χ2v) is 8.96. The van der Waals surface area contributed by atoms with E-state index in [2.05, 4.69) is 76.1 Å². The Balaban J connectivity index is 1.31. The SMILES string of the molecule is c1ccc2oc(-c3ccc(-c4ccc5c(c4)c4ncccc4n4c6ccccc6nc54)cc3)nc2c1. The van der Waals surface area contributed by atoms with Gasteiger partial charge in [-0.3, -0.25) is 9.38 Å². The normalized spacial score (nSPS) is 11.9. The van der Waals surface area contributed by atoms with Gasteiger partial charge in [0.25, 0.3) is 0 Å². The monoisotopic (exact) mass is 462 g/mol. The minimum Gasteiger partial charge on any atom is -0.436 e. The molecule has 0 atom stereocenters. The average molecular weight is 463 g/mol. The van der Waals surface area contributed by atoms with Crippen LogP contribution in [0.1, 0.15) is 0 Å². The van der Waals surface area contributed by atoms with Crippen molar-refractivity contribution in [3.8, 4) is 22.6 Å². The van der Waals surface area contributed by atoms with E-state index < -0.39 is 0 Å². The Morgan fingerprint density at radius 2 is 1.33 bits per heavy atom. The highest BCUT2D eigenvalue weighted by molar-refractivity contribution is 6.13. The Morgan fingerprint density at radius 3 is 2.22 bits per heavy atom. The molecular formula is C31H18N4O. The maximum Gasteiger partial charge on any atom is 0.227 e. The molecule has 0 unspecified atom stereocenters. The first kappa shape index (κ1) is 19.3. The number of hydrogen-bond donors (Lipinski definition) is 0. The summed E-state index contributed by atoms with van der Waals surface area (Å²) in [6, 6.07) is 35.1. The van der Waals surface area contributed by atoms with Gasteiger partial charge in [-0.05, 0) is 71.8 Å². The number of rotatable bonds is 2. The maximum absolute atomic E-state index is 5.94. The van der Waals surface area contributed by atoms with E-state index in [0.717, 1.165) is 66.3 Å². The Labute approximate surface area is 205 Å². The van der Waals surface area contributed by atoms with Crippen LogP contribution in [0.3, 0.4) is 0 Å². The predicted molar refractivity (Wildman–Crippen MR) is 144 cm³/mol. The van der Waals surface area contributed by atoms with E-state index in [4.69, 9.17) is 14.4 Å². The van der Waals surface area contributed by atoms with Gasteiger partial charge in [-0.25, -0.2) is 9.97 Å². The highest BCUT2D eigenvalue weighted by Gasteiger charge is 2.15. The third-order valence-corrected chi connectivity index (χ3v) is 6.86. The molecule has 0 fully saturated rings. The molecule has 0 radical (unpaired) electrons. The zero-order valence-electron chi connectivity index (χ0n) is 19.1. The number of fused-ring (bicyclic) bond motifs is 9. The van der Waals surface area contributed by atoms with Gasteiger partial charge in [0, 0.05) is 22.5 Å². The fraction of sp³-hybridized carbons (Fsp3) is 0. The molecular weight excluding hydrogens is 444 g/mol. The second kappa shape index (κ2) is 7.23. The van der Waals surface area contributed by atoms with Crippen molar-refractivity contribution in [1.29, 1.82) is 0 Å². The molecule has 0 aliphatic rings. The molecule has 8 aromatic rings. The lowest BCUT2D eigenvalue weighted by Crippen LogP contribution is -1.93. The van der Waals surface area contributed by atoms with E-state index in [-0.39, 0.29) is 0 Å². The van der Waals surface area contributed by atoms with Gasteiger partial charge >= 0.3 is 0 Å². The Bertz CT molecular complexity index is 2070. The highest BCUT2D eigenvalue weighted by Crippen LogP contribution is 2.34. The minimum atomic E-state index is 0.630. The maximum atomic E-state index is 5.94. The molecule has 0 N–H and O–H groups in total. The molecule has 4 aromatic carbocycles. The fourth-order valence-electron chi connectivity index (χ4n) is 5.15. The summed E-state index contributed by atoms with van der Waals surface area (Å²) in [7, 11) is 0. The van der Waals surface area contributed by atoms with Crippen LogP contribution in [0, 0.1) is 0 Å². The largest absolute Gasteiger partial charge is 0.436 e. The van der Waals surface area contributed by atoms with Gasteiger partial charge in [0.1, 0.15) is 11.2 Å². The van der Waals surface area contributed by atoms with Crippen molar-refractivity contribution >= 4 is 49.6 Å². The van der Waals surface area contributed by atoms with E-state index in [1.54, 1.807) is 0 Å². The molecule has 4 heterocycles. The van der Waals surface area contributed by atoms with E-state index in [0.29, 0.717) is 5.89 Å². The van der Waals surface area contributed by atoms with E-state index >= 15 is 0 Å². The van der Waals surface area contributed by atoms with Crippen LogP contribution in [0.4, 0.5) is 0 Å². The van der Waals surface area contributed by atoms with Crippen molar-refractivity contribution in [2.45, 2.75) is 0 Å². The quantitative estimate of drug-likeness (QED) is 0.247. The van der Waals surface area contributed by atoms with Gasteiger partial charge in [-0.2, -0.15) is 0 Å². The van der Waals surface area contributed by atoms with Crippen molar-refractivity contribution in [3.05, 3.63) is 109 Å². The number of pyridine rings is 2. The van der Waals surface area contributed by atoms with Crippen molar-refractivity contribution < 1.29 is 4.42 Å². The first-order valence-electron chi connectivity index (χ1n) is 11.9. The van der Waals surface area contributed by atoms with Crippen LogP contribution in [-0.4, -0.2) is 19.4 Å². The van der Waals surface area contributed by atoms with Crippen molar-refractivity contribution in [2.24, 2.45) is 0 Å². The summed E-state index contributed by atoms with van der Waals surface area (Å²) in [4.78, 5) is 14.4. The molecule has 0 aliphatic heterocycles. The lowest BCUT2D eigenvalue weighted by Gasteiger charge is -2.10. The number of oxazole rings is 1. The fourth-order valence-corrected chi connectivity index (χ4v) is 5.15. The smallest absolute Gasteiger partial charge is 0.227 e. The molecule has 0 spiro atoms. The number of para-hydroxylation sites is 4. The van der Waals surface area contributed by atoms with E-state index in [1.165, 1.54) is 0 Å². The number of hydrogen-bond acceptors (Lipinski definition) is 4. The lowest BCUT2D eigenvalue weighted by atomic mass is 10.00. The standard InChI is InChI=1S/C31H18N4O/c1-3-8-26-24(6-1)33-30-22-16-15-21(18-23(22)29-27(35(26)30)9-5-17-32-29)19-11-13-20(14-12-19)31-34-25-7-2-4-10-28(25)36-31/h1-18H. The van der Waals surface area contributed by atoms with Crippen LogP contribution in [0.15, 0.2) is 114 Å². The Morgan fingerprint density at radius 1 is 0.583 bits per heavy atom. The van der Waals surface area contributed by atoms with Gasteiger partial charge in [0.15, 0.2) is 5.58 Å². The summed E-state index contributed by atoms with van der Waals surface area (Å²) in [6.07, 6.45) is 1.86. The van der Waals surface area contributed by atoms with Crippen LogP contribution in [0.5, 0.6) is 0 Å². The summed E-state index contributed by atoms with van der Waals surface area (Å²) in [5.74, 6) is 0.630. The third kappa shape index (κ3) is 2.74. The summed E-state index contributed by atoms with van der Waals surface area (Å²) < 4.78 is 8.16. The van der Waals surface area contributed by atoms with Gasteiger partial charge in [-0.15, -0.1) is 0 Å². The average Bonchev–Trinajstić information content (AvgIpc) is 3.55. The molecule has 0 aliphatic carbocycles. The number of aromatic nitrogens is 4. The van der Waals surface area contributed by atoms with Gasteiger partial charge < -0.3 is 4.42 Å². The Hall–Kier alpha value is -5.03. The summed E-state index contributed by atoms with van der Waals surface area (Å²) in [5.41, 5.74) is 9.89. The molecule has 8 rings (SSSR count). The van der Waals surface area contributed by atoms with Crippen LogP contribution in [-0.2, 0) is 0 Å². The molecule has 0 amide bonds. The number of benzene rings is 4. The zero-order chi connectivity index (χ0) is 23.6. The zero-order valence-corrected chi connectivity index (χ0v) is 19.1. The second-order valence-electron chi connectivity index (χ2n) is 8.96. The Kier molecular flexibility index (Phi) is 3.88. The van der Waals surface area contributed by atoms with Gasteiger partial charge in [0.2, 0.25) is 5.89 Å². The van der Waals surface area contributed by atoms with Gasteiger partial charge in [0.05, 0.1) is 22.1 Å². The molecule has 4 aromatic heterocycles. The molecule has 0 saturated carbocycles. The van der Waals surface area contributed by atoms with Crippen LogP contribution in [0.2, 0.25) is 0 Å². The lowest BCUT2D eigenvalue weighted by molar-refractivity contribution is 0.620. The van der Waals surface area contributed by atoms with Crippen LogP contribution < -0.4 is 0 Å². The van der Waals surface area contributed by atoms with Crippen LogP contribution in [0.25, 0.3) is 72.2 Å². The summed E-state index contributed by atoms with van der Waals surface area (Å²) in [5, 5.41) is 2.18. The van der Waals surface area contributed by atoms with E-state index in [9.17, 15) is 0 Å². The molecule has 5 heteroatoms. The number of nitrogens with zero attached hydrogens (tertiary/aromatic N) is 4. The van der Waals surface area contributed by atoms with Gasteiger partial charge in [-0.1, -0.05) is 42.5 Å². The van der Waals surface area contributed by atoms with Crippen molar-refractivity contribution in [3.63, 3.8) is 0 Å². The van der Waals surface area contributed by atoms with Crippen molar-refractivity contribution in [1.82, 2.24) is 19.4 Å². The molecule has 0 bridgehead atoms. The molecule has 5 nitrogen and oxygen atoms in total. The highest BCUT2D eigenvalue weighted by atomic mass is 16.3. The van der Waals surface area contributed by atoms with Crippen molar-refractivity contribution in [2.75, 3.05) is 0 Å². The third-order valence-electron chi connectivity index (χ3n) is 6.86. The number of imidazole rings is 1. The first-order chi connectivity index (χ1) is 17.8. The van der Waals surface area contributed by atoms with E-state index in [1.807, 2.05) is 42.6 Å². The molecule has 0 saturated heterocycles. The minimum absolute atomic E-state index is 0.630. The topological polar surface area (TPSA) is 56.2 Å². The first-order valence-corrected chi connectivity index (χ1v) is 11.9. The van der Waals surface area contributed by atoms with Crippen LogP contribution >= 0.6 is 0 Å². The molecule has 36 heavy (non-hydrogen) atoms. The summed E-state index contributed by atoms with van der Waals surface area (Å²) >= 11 is 0. The molecule has 168 valence electrons.